The van der Waals surface area contributed by atoms with E-state index < -0.39 is 41.4 Å². The second kappa shape index (κ2) is 9.02. The molecule has 1 aromatic rings. The molecule has 0 saturated carbocycles. The van der Waals surface area contributed by atoms with Crippen LogP contribution in [-0.4, -0.2) is 41.4 Å². The van der Waals surface area contributed by atoms with Crippen molar-refractivity contribution in [3.63, 3.8) is 0 Å². The zero-order valence-corrected chi connectivity index (χ0v) is 16.4. The minimum absolute atomic E-state index is 0.209. The van der Waals surface area contributed by atoms with Crippen LogP contribution in [0.15, 0.2) is 21.5 Å². The van der Waals surface area contributed by atoms with Crippen molar-refractivity contribution in [2.24, 2.45) is 22.4 Å². The lowest BCUT2D eigenvalue weighted by molar-refractivity contribution is -0.120. The normalized spacial score (nSPS) is 13.0. The highest BCUT2D eigenvalue weighted by Gasteiger charge is 2.24. The average Bonchev–Trinajstić information content (AvgIpc) is 2.99. The van der Waals surface area contributed by atoms with Crippen LogP contribution in [0.25, 0.3) is 0 Å². The number of ether oxygens (including phenoxy) is 1. The maximum Gasteiger partial charge on any atom is 0.437 e. The molecule has 11 nitrogen and oxygen atoms in total. The van der Waals surface area contributed by atoms with Crippen LogP contribution >= 0.6 is 0 Å². The summed E-state index contributed by atoms with van der Waals surface area (Å²) in [7, 11) is 0. The van der Waals surface area contributed by atoms with Gasteiger partial charge in [0, 0.05) is 0 Å². The number of amides is 4. The third-order valence-electron chi connectivity index (χ3n) is 3.16. The van der Waals surface area contributed by atoms with Crippen LogP contribution in [0.1, 0.15) is 55.7 Å². The van der Waals surface area contributed by atoms with Crippen molar-refractivity contribution in [2.75, 3.05) is 0 Å². The minimum Gasteiger partial charge on any atom is -0.446 e. The van der Waals surface area contributed by atoms with Crippen LogP contribution in [0.4, 0.5) is 4.79 Å². The van der Waals surface area contributed by atoms with E-state index in [4.69, 9.17) is 20.6 Å². The average molecular weight is 395 g/mol. The van der Waals surface area contributed by atoms with Crippen LogP contribution < -0.4 is 22.1 Å². The Morgan fingerprint density at radius 2 is 1.61 bits per heavy atom. The summed E-state index contributed by atoms with van der Waals surface area (Å²) in [5.74, 6) is -3.45. The van der Waals surface area contributed by atoms with E-state index in [2.05, 4.69) is 15.6 Å². The van der Waals surface area contributed by atoms with Crippen molar-refractivity contribution in [1.29, 1.82) is 0 Å². The molecule has 1 unspecified atom stereocenters. The predicted octanol–water partition coefficient (Wildman–Crippen LogP) is 0.499. The Balaban J connectivity index is 2.77. The molecule has 1 rings (SSSR count). The van der Waals surface area contributed by atoms with Crippen LogP contribution in [-0.2, 0) is 9.53 Å². The van der Waals surface area contributed by atoms with Crippen LogP contribution in [0.5, 0.6) is 0 Å². The fourth-order valence-corrected chi connectivity index (χ4v) is 1.95. The Morgan fingerprint density at radius 3 is 2.07 bits per heavy atom. The number of carbonyl (C=O) groups is 4. The molecular weight excluding hydrogens is 370 g/mol. The van der Waals surface area contributed by atoms with Crippen LogP contribution in [0.3, 0.4) is 0 Å². The first kappa shape index (κ1) is 22.7. The van der Waals surface area contributed by atoms with Gasteiger partial charge in [-0.05, 0) is 38.8 Å². The van der Waals surface area contributed by atoms with E-state index in [-0.39, 0.29) is 17.4 Å². The third-order valence-corrected chi connectivity index (χ3v) is 3.16. The summed E-state index contributed by atoms with van der Waals surface area (Å²) in [5.41, 5.74) is 9.94. The molecule has 1 aromatic heterocycles. The Labute approximate surface area is 161 Å². The molecule has 0 aliphatic heterocycles. The number of aliphatic imine (C=N–C) groups is 1. The van der Waals surface area contributed by atoms with Gasteiger partial charge in [0.15, 0.2) is 11.5 Å². The van der Waals surface area contributed by atoms with E-state index in [1.165, 1.54) is 12.1 Å². The Kier molecular flexibility index (Phi) is 7.30. The quantitative estimate of drug-likeness (QED) is 0.414. The number of primary amides is 1. The van der Waals surface area contributed by atoms with Gasteiger partial charge in [0.25, 0.3) is 11.8 Å². The van der Waals surface area contributed by atoms with E-state index in [1.54, 1.807) is 34.6 Å². The zero-order chi connectivity index (χ0) is 21.6. The van der Waals surface area contributed by atoms with Crippen molar-refractivity contribution in [1.82, 2.24) is 10.6 Å². The number of nitrogens with two attached hydrogens (primary N) is 2. The number of nitrogens with zero attached hydrogens (tertiary/aromatic N) is 1. The highest BCUT2D eigenvalue weighted by atomic mass is 16.6. The number of nitrogens with one attached hydrogen (secondary N) is 2. The van der Waals surface area contributed by atoms with E-state index in [9.17, 15) is 19.2 Å². The zero-order valence-electron chi connectivity index (χ0n) is 16.4. The Bertz CT molecular complexity index is 790. The Hall–Kier alpha value is -3.37. The van der Waals surface area contributed by atoms with Crippen LogP contribution in [0.2, 0.25) is 0 Å². The van der Waals surface area contributed by atoms with Gasteiger partial charge in [-0.25, -0.2) is 4.79 Å². The summed E-state index contributed by atoms with van der Waals surface area (Å²) in [5, 5.41) is 4.56. The summed E-state index contributed by atoms with van der Waals surface area (Å²) in [6.45, 7) is 8.36. The summed E-state index contributed by atoms with van der Waals surface area (Å²) in [6.07, 6.45) is -0.976. The van der Waals surface area contributed by atoms with Gasteiger partial charge in [0.05, 0.1) is 0 Å². The van der Waals surface area contributed by atoms with Gasteiger partial charge in [-0.15, -0.1) is 4.99 Å². The first-order valence-corrected chi connectivity index (χ1v) is 8.38. The molecule has 0 aromatic carbocycles. The molecule has 0 fully saturated rings. The second-order valence-electron chi connectivity index (χ2n) is 7.19. The molecule has 1 atom stereocenters. The van der Waals surface area contributed by atoms with Gasteiger partial charge in [-0.1, -0.05) is 13.8 Å². The fourth-order valence-electron chi connectivity index (χ4n) is 1.95. The van der Waals surface area contributed by atoms with Gasteiger partial charge in [0.1, 0.15) is 11.6 Å². The molecule has 28 heavy (non-hydrogen) atoms. The van der Waals surface area contributed by atoms with Gasteiger partial charge in [0.2, 0.25) is 11.9 Å². The number of furan rings is 1. The Morgan fingerprint density at radius 1 is 1.07 bits per heavy atom. The number of hydrogen-bond donors (Lipinski definition) is 4. The van der Waals surface area contributed by atoms with Gasteiger partial charge < -0.3 is 25.9 Å². The van der Waals surface area contributed by atoms with E-state index in [0.29, 0.717) is 0 Å². The van der Waals surface area contributed by atoms with E-state index in [0.717, 1.165) is 0 Å². The molecule has 0 aliphatic rings. The number of guanidine groups is 1. The maximum absolute atomic E-state index is 12.1. The van der Waals surface area contributed by atoms with Crippen LogP contribution in [0, 0.1) is 5.92 Å². The summed E-state index contributed by atoms with van der Waals surface area (Å²) in [4.78, 5) is 50.5. The molecule has 11 heteroatoms. The first-order valence-electron chi connectivity index (χ1n) is 8.38. The summed E-state index contributed by atoms with van der Waals surface area (Å²) in [6, 6.07) is 1.57. The molecule has 154 valence electrons. The molecule has 0 bridgehead atoms. The lowest BCUT2D eigenvalue weighted by atomic mass is 10.0. The van der Waals surface area contributed by atoms with Crippen molar-refractivity contribution >= 4 is 29.8 Å². The molecule has 0 spiro atoms. The molecule has 0 radical (unpaired) electrons. The summed E-state index contributed by atoms with van der Waals surface area (Å²) >= 11 is 0. The predicted molar refractivity (Wildman–Crippen MR) is 99.3 cm³/mol. The molecular formula is C17H25N5O6. The van der Waals surface area contributed by atoms with Gasteiger partial charge in [-0.3, -0.25) is 19.7 Å². The molecule has 0 saturated heterocycles. The molecule has 6 N–H and O–H groups in total. The maximum atomic E-state index is 12.1. The molecule has 1 heterocycles. The van der Waals surface area contributed by atoms with Crippen molar-refractivity contribution < 1.29 is 28.3 Å². The van der Waals surface area contributed by atoms with Gasteiger partial charge >= 0.3 is 6.09 Å². The van der Waals surface area contributed by atoms with Crippen molar-refractivity contribution in [3.8, 4) is 0 Å². The standard InChI is InChI=1S/C17H25N5O6/c1-8(2)11(12(18)23)20-13(24)9-6-7-10(27-9)14(25)21-15(19)22-16(26)28-17(3,4)5/h6-8,11H,1-5H3,(H2,18,23)(H,20,24)(H3,19,21,22,25,26). The van der Waals surface area contributed by atoms with Crippen molar-refractivity contribution in [3.05, 3.63) is 23.7 Å². The van der Waals surface area contributed by atoms with E-state index >= 15 is 0 Å². The molecule has 0 aliphatic carbocycles. The van der Waals surface area contributed by atoms with E-state index in [1.807, 2.05) is 0 Å². The second-order valence-corrected chi connectivity index (χ2v) is 7.19. The highest BCUT2D eigenvalue weighted by Crippen LogP contribution is 2.10. The fraction of sp³-hybridized carbons (Fsp3) is 0.471. The number of carbonyl (C=O) groups excluding carboxylic acids is 4. The number of hydrogen-bond acceptors (Lipinski definition) is 6. The van der Waals surface area contributed by atoms with Gasteiger partial charge in [-0.2, -0.15) is 0 Å². The minimum atomic E-state index is -0.976. The lowest BCUT2D eigenvalue weighted by Crippen LogP contribution is -2.47. The number of rotatable bonds is 5. The largest absolute Gasteiger partial charge is 0.446 e. The highest BCUT2D eigenvalue weighted by molar-refractivity contribution is 6.06. The van der Waals surface area contributed by atoms with Crippen molar-refractivity contribution in [2.45, 2.75) is 46.3 Å². The SMILES string of the molecule is CC(C)C(NC(=O)c1ccc(C(=O)NC(N)=NC(=O)OC(C)(C)C)o1)C(N)=O. The summed E-state index contributed by atoms with van der Waals surface area (Å²) < 4.78 is 10.1. The topological polar surface area (TPSA) is 179 Å². The lowest BCUT2D eigenvalue weighted by Gasteiger charge is -2.17. The molecule has 4 amide bonds. The monoisotopic (exact) mass is 395 g/mol. The third kappa shape index (κ3) is 7.09. The first-order chi connectivity index (χ1) is 12.8. The smallest absolute Gasteiger partial charge is 0.437 e.